The highest BCUT2D eigenvalue weighted by molar-refractivity contribution is 5.76. The van der Waals surface area contributed by atoms with Crippen molar-refractivity contribution in [2.75, 3.05) is 13.2 Å². The van der Waals surface area contributed by atoms with E-state index in [0.29, 0.717) is 6.42 Å². The van der Waals surface area contributed by atoms with Crippen LogP contribution >= 0.6 is 0 Å². The van der Waals surface area contributed by atoms with E-state index in [1.54, 1.807) is 6.08 Å². The van der Waals surface area contributed by atoms with Crippen molar-refractivity contribution in [1.82, 2.24) is 5.32 Å². The number of hydrogen-bond acceptors (Lipinski definition) is 8. The van der Waals surface area contributed by atoms with Gasteiger partial charge in [0.15, 0.2) is 6.29 Å². The molecule has 0 aliphatic carbocycles. The van der Waals surface area contributed by atoms with Gasteiger partial charge in [-0.1, -0.05) is 352 Å². The number of rotatable bonds is 66. The average Bonchev–Trinajstić information content (AvgIpc) is 3.70. The molecule has 0 radical (unpaired) electrons. The van der Waals surface area contributed by atoms with Gasteiger partial charge in [-0.05, 0) is 57.8 Å². The zero-order valence-electron chi connectivity index (χ0n) is 55.7. The Kier molecular flexibility index (Phi) is 61.7. The number of ether oxygens (including phenoxy) is 2. The van der Waals surface area contributed by atoms with E-state index in [9.17, 15) is 30.3 Å². The molecule has 0 aromatic rings. The van der Waals surface area contributed by atoms with Crippen LogP contribution in [-0.4, -0.2) is 87.5 Å². The second-order valence-corrected chi connectivity index (χ2v) is 26.1. The highest BCUT2D eigenvalue weighted by Gasteiger charge is 2.44. The van der Waals surface area contributed by atoms with Crippen LogP contribution in [0.4, 0.5) is 0 Å². The molecule has 9 heteroatoms. The van der Waals surface area contributed by atoms with Crippen molar-refractivity contribution in [3.05, 3.63) is 36.5 Å². The fourth-order valence-corrected chi connectivity index (χ4v) is 12.1. The zero-order valence-corrected chi connectivity index (χ0v) is 55.7. The van der Waals surface area contributed by atoms with E-state index >= 15 is 0 Å². The van der Waals surface area contributed by atoms with E-state index in [2.05, 4.69) is 43.5 Å². The maximum absolute atomic E-state index is 13.1. The molecule has 1 saturated heterocycles. The lowest BCUT2D eigenvalue weighted by Gasteiger charge is -2.40. The quantitative estimate of drug-likeness (QED) is 0.0261. The Hall–Kier alpha value is -1.59. The van der Waals surface area contributed by atoms with Crippen molar-refractivity contribution in [1.29, 1.82) is 0 Å². The van der Waals surface area contributed by atoms with Gasteiger partial charge in [-0.2, -0.15) is 0 Å². The molecule has 0 spiro atoms. The van der Waals surface area contributed by atoms with E-state index in [-0.39, 0.29) is 12.5 Å². The third kappa shape index (κ3) is 52.4. The molecule has 0 aromatic carbocycles. The number of carbonyl (C=O) groups excluding carboxylic acids is 1. The molecule has 1 aliphatic rings. The number of carbonyl (C=O) groups is 1. The molecule has 9 nitrogen and oxygen atoms in total. The summed E-state index contributed by atoms with van der Waals surface area (Å²) in [5.74, 6) is -0.180. The second kappa shape index (κ2) is 64.4. The van der Waals surface area contributed by atoms with Gasteiger partial charge in [0.1, 0.15) is 24.4 Å². The van der Waals surface area contributed by atoms with Crippen molar-refractivity contribution < 1.29 is 39.8 Å². The van der Waals surface area contributed by atoms with Crippen LogP contribution in [0.3, 0.4) is 0 Å². The predicted molar refractivity (Wildman–Crippen MR) is 360 cm³/mol. The Balaban J connectivity index is 2.07. The molecule has 0 aromatic heterocycles. The van der Waals surface area contributed by atoms with E-state index < -0.39 is 49.5 Å². The first kappa shape index (κ1) is 80.4. The van der Waals surface area contributed by atoms with Crippen molar-refractivity contribution >= 4 is 5.91 Å². The van der Waals surface area contributed by atoms with Crippen LogP contribution in [0.5, 0.6) is 0 Å². The van der Waals surface area contributed by atoms with Crippen molar-refractivity contribution in [3.63, 3.8) is 0 Å². The largest absolute Gasteiger partial charge is 0.394 e. The number of amides is 1. The molecule has 0 saturated carbocycles. The minimum atomic E-state index is -1.57. The minimum absolute atomic E-state index is 0.180. The number of nitrogens with one attached hydrogen (secondary N) is 1. The maximum Gasteiger partial charge on any atom is 0.220 e. The summed E-state index contributed by atoms with van der Waals surface area (Å²) in [7, 11) is 0. The highest BCUT2D eigenvalue weighted by Crippen LogP contribution is 2.24. The molecule has 6 N–H and O–H groups in total. The number of aliphatic hydroxyl groups is 5. The number of aliphatic hydroxyl groups excluding tert-OH is 5. The number of allylic oxidation sites excluding steroid dienone is 5. The monoisotopic (exact) mass is 1190 g/mol. The van der Waals surface area contributed by atoms with Gasteiger partial charge in [0.25, 0.3) is 0 Å². The molecule has 0 bridgehead atoms. The summed E-state index contributed by atoms with van der Waals surface area (Å²) >= 11 is 0. The summed E-state index contributed by atoms with van der Waals surface area (Å²) in [6.45, 7) is 3.82. The van der Waals surface area contributed by atoms with Crippen LogP contribution in [-0.2, 0) is 14.3 Å². The van der Waals surface area contributed by atoms with Crippen LogP contribution in [0.1, 0.15) is 380 Å². The maximum atomic E-state index is 13.1. The first-order valence-electron chi connectivity index (χ1n) is 37.2. The van der Waals surface area contributed by atoms with Crippen molar-refractivity contribution in [2.24, 2.45) is 0 Å². The molecule has 1 fully saturated rings. The average molecular weight is 1190 g/mol. The van der Waals surface area contributed by atoms with Gasteiger partial charge in [0.2, 0.25) is 5.91 Å². The van der Waals surface area contributed by atoms with Crippen LogP contribution in [0.15, 0.2) is 36.5 Å². The predicted octanol–water partition coefficient (Wildman–Crippen LogP) is 20.6. The van der Waals surface area contributed by atoms with Gasteiger partial charge < -0.3 is 40.3 Å². The Morgan fingerprint density at radius 2 is 0.679 bits per heavy atom. The Bertz CT molecular complexity index is 1420. The van der Waals surface area contributed by atoms with Gasteiger partial charge in [0.05, 0.1) is 25.4 Å². The summed E-state index contributed by atoms with van der Waals surface area (Å²) in [4.78, 5) is 13.1. The molecular weight excluding hydrogens is 1040 g/mol. The van der Waals surface area contributed by atoms with Crippen molar-refractivity contribution in [2.45, 2.75) is 423 Å². The summed E-state index contributed by atoms with van der Waals surface area (Å²) < 4.78 is 11.3. The standard InChI is InChI=1S/C75H143NO8/c1-3-5-7-9-11-13-15-17-19-21-23-25-27-28-29-30-31-32-33-34-35-36-37-38-39-40-41-42-43-45-47-49-51-53-55-57-59-61-63-65-71(79)76-68(67-83-75-74(82)73(81)72(80)70(66-77)84-75)69(78)64-62-60-58-56-54-52-50-48-46-44-26-24-22-20-18-16-14-12-10-8-6-4-2/h34-35,54,56,62,64,68-70,72-75,77-78,80-82H,3-33,36-53,55,57-61,63,65-67H2,1-2H3,(H,76,79)/b35-34-,56-54+,64-62+. The summed E-state index contributed by atoms with van der Waals surface area (Å²) in [6, 6.07) is -0.822. The topological polar surface area (TPSA) is 149 Å². The van der Waals surface area contributed by atoms with Gasteiger partial charge >= 0.3 is 0 Å². The van der Waals surface area contributed by atoms with Gasteiger partial charge in [-0.15, -0.1) is 0 Å². The van der Waals surface area contributed by atoms with Crippen LogP contribution < -0.4 is 5.32 Å². The van der Waals surface area contributed by atoms with Gasteiger partial charge in [-0.25, -0.2) is 0 Å². The summed E-state index contributed by atoms with van der Waals surface area (Å²) in [5.41, 5.74) is 0. The molecular formula is C75H143NO8. The first-order chi connectivity index (χ1) is 41.3. The molecule has 1 heterocycles. The van der Waals surface area contributed by atoms with Crippen LogP contribution in [0.25, 0.3) is 0 Å². The lowest BCUT2D eigenvalue weighted by atomic mass is 9.99. The van der Waals surface area contributed by atoms with E-state index in [1.165, 1.54) is 321 Å². The van der Waals surface area contributed by atoms with E-state index in [1.807, 2.05) is 6.08 Å². The molecule has 1 amide bonds. The number of hydrogen-bond donors (Lipinski definition) is 6. The molecule has 1 rings (SSSR count). The van der Waals surface area contributed by atoms with Crippen LogP contribution in [0, 0.1) is 0 Å². The van der Waals surface area contributed by atoms with E-state index in [4.69, 9.17) is 9.47 Å². The summed E-state index contributed by atoms with van der Waals surface area (Å²) in [6.07, 6.45) is 80.0. The fourth-order valence-electron chi connectivity index (χ4n) is 12.1. The first-order valence-corrected chi connectivity index (χ1v) is 37.2. The molecule has 7 unspecified atom stereocenters. The second-order valence-electron chi connectivity index (χ2n) is 26.1. The number of unbranched alkanes of at least 4 members (excludes halogenated alkanes) is 52. The Morgan fingerprint density at radius 1 is 0.393 bits per heavy atom. The minimum Gasteiger partial charge on any atom is -0.394 e. The van der Waals surface area contributed by atoms with Gasteiger partial charge in [0, 0.05) is 6.42 Å². The third-order valence-electron chi connectivity index (χ3n) is 17.9. The third-order valence-corrected chi connectivity index (χ3v) is 17.9. The molecule has 84 heavy (non-hydrogen) atoms. The zero-order chi connectivity index (χ0) is 60.7. The smallest absolute Gasteiger partial charge is 0.220 e. The SMILES string of the molecule is CCCCCCCCCCCCCCCCCC/C=C/CC/C=C/C(O)C(COC1OC(CO)C(O)C(O)C1O)NC(=O)CCCCCCCCCCCCCCCCCCC/C=C\CCCCCCCCCCCCCCCCCCCC. The van der Waals surface area contributed by atoms with Gasteiger partial charge in [-0.3, -0.25) is 4.79 Å². The molecule has 7 atom stereocenters. The lowest BCUT2D eigenvalue weighted by molar-refractivity contribution is -0.302. The van der Waals surface area contributed by atoms with Crippen LogP contribution in [0.2, 0.25) is 0 Å². The normalized spacial score (nSPS) is 18.3. The Labute approximate surface area is 521 Å². The fraction of sp³-hybridized carbons (Fsp3) is 0.907. The van der Waals surface area contributed by atoms with E-state index in [0.717, 1.165) is 38.5 Å². The lowest BCUT2D eigenvalue weighted by Crippen LogP contribution is -2.60. The molecule has 1 aliphatic heterocycles. The summed E-state index contributed by atoms with van der Waals surface area (Å²) in [5, 5.41) is 54.7. The molecule has 496 valence electrons. The highest BCUT2D eigenvalue weighted by atomic mass is 16.7. The Morgan fingerprint density at radius 3 is 1.00 bits per heavy atom. The van der Waals surface area contributed by atoms with Crippen molar-refractivity contribution in [3.8, 4) is 0 Å².